The minimum Gasteiger partial charge on any atom is -0.465 e. The Bertz CT molecular complexity index is 1340. The molecular weight excluding hydrogens is 514 g/mol. The topological polar surface area (TPSA) is 127 Å². The van der Waals surface area contributed by atoms with E-state index in [4.69, 9.17) is 9.47 Å². The number of hydrogen-bond acceptors (Lipinski definition) is 8. The summed E-state index contributed by atoms with van der Waals surface area (Å²) in [4.78, 5) is 45.1. The van der Waals surface area contributed by atoms with Crippen molar-refractivity contribution < 1.29 is 29.0 Å². The highest BCUT2D eigenvalue weighted by Gasteiger charge is 2.80. The lowest BCUT2D eigenvalue weighted by Crippen LogP contribution is -2.58. The van der Waals surface area contributed by atoms with Gasteiger partial charge in [0.15, 0.2) is 0 Å². The number of amides is 2. The molecular formula is C29H37N5O6. The van der Waals surface area contributed by atoms with E-state index < -0.39 is 41.1 Å². The lowest BCUT2D eigenvalue weighted by atomic mass is 9.62. The number of nitrogens with zero attached hydrogens (tertiary/aromatic N) is 5. The Morgan fingerprint density at radius 1 is 1.32 bits per heavy atom. The van der Waals surface area contributed by atoms with Gasteiger partial charge in [-0.1, -0.05) is 36.4 Å². The number of rotatable bonds is 11. The Morgan fingerprint density at radius 3 is 2.77 bits per heavy atom. The van der Waals surface area contributed by atoms with E-state index in [0.717, 1.165) is 5.52 Å². The van der Waals surface area contributed by atoms with E-state index in [1.165, 1.54) is 4.90 Å². The van der Waals surface area contributed by atoms with E-state index in [-0.39, 0.29) is 44.2 Å². The predicted molar refractivity (Wildman–Crippen MR) is 145 cm³/mol. The van der Waals surface area contributed by atoms with Gasteiger partial charge in [0.25, 0.3) is 0 Å². The molecule has 2 amide bonds. The summed E-state index contributed by atoms with van der Waals surface area (Å²) in [6, 6.07) is 5.70. The van der Waals surface area contributed by atoms with Gasteiger partial charge in [0, 0.05) is 6.54 Å². The molecule has 4 heterocycles. The number of para-hydroxylation sites is 1. The van der Waals surface area contributed by atoms with Crippen molar-refractivity contribution in [3.05, 3.63) is 49.6 Å². The average molecular weight is 552 g/mol. The number of carbonyl (C=O) groups is 3. The third-order valence-electron chi connectivity index (χ3n) is 8.93. The number of likely N-dealkylation sites (tertiary alicyclic amines) is 1. The summed E-state index contributed by atoms with van der Waals surface area (Å²) in [6.45, 7) is 13.0. The van der Waals surface area contributed by atoms with Crippen LogP contribution in [0.3, 0.4) is 0 Å². The summed E-state index contributed by atoms with van der Waals surface area (Å²) in [5, 5.41) is 18.6. The second kappa shape index (κ2) is 10.4. The van der Waals surface area contributed by atoms with E-state index >= 15 is 0 Å². The standard InChI is InChI=1S/C29H37N5O6/c1-6-8-14-39-27(38)23-22-25(36)34(19(4)16-35)24(29(22)15-18(3)28(23,5)40-29)26(37)32(13-7-2)17-33-21-12-10-9-11-20(21)30-31-33/h6-7,9-12,18-19,22-24,35H,1-2,8,13-17H2,3-5H3/t18?,19-,22+,23+,24?,28-,29?/m1/s1. The number of ether oxygens (including phenoxy) is 2. The normalized spacial score (nSPS) is 31.3. The van der Waals surface area contributed by atoms with Crippen molar-refractivity contribution >= 4 is 28.8 Å². The maximum atomic E-state index is 14.5. The molecule has 0 radical (unpaired) electrons. The third-order valence-corrected chi connectivity index (χ3v) is 8.93. The molecule has 214 valence electrons. The van der Waals surface area contributed by atoms with Crippen LogP contribution in [0.2, 0.25) is 0 Å². The number of hydrogen-bond donors (Lipinski definition) is 1. The lowest BCUT2D eigenvalue weighted by molar-refractivity contribution is -0.163. The first-order valence-corrected chi connectivity index (χ1v) is 13.7. The van der Waals surface area contributed by atoms with Crippen LogP contribution in [0.25, 0.3) is 11.0 Å². The molecule has 3 aliphatic heterocycles. The van der Waals surface area contributed by atoms with Crippen LogP contribution >= 0.6 is 0 Å². The van der Waals surface area contributed by atoms with Gasteiger partial charge >= 0.3 is 5.97 Å². The number of carbonyl (C=O) groups excluding carboxylic acids is 3. The van der Waals surface area contributed by atoms with E-state index in [2.05, 4.69) is 23.5 Å². The summed E-state index contributed by atoms with van der Waals surface area (Å²) in [7, 11) is 0. The van der Waals surface area contributed by atoms with Gasteiger partial charge in [0.05, 0.1) is 36.3 Å². The number of esters is 1. The molecule has 1 aromatic heterocycles. The van der Waals surface area contributed by atoms with Crippen LogP contribution in [0.1, 0.15) is 33.6 Å². The Kier molecular flexibility index (Phi) is 7.30. The molecule has 1 aromatic carbocycles. The molecule has 1 spiro atoms. The Balaban J connectivity index is 1.55. The highest BCUT2D eigenvalue weighted by Crippen LogP contribution is 2.65. The molecule has 3 fully saturated rings. The molecule has 2 aromatic rings. The minimum absolute atomic E-state index is 0.0675. The monoisotopic (exact) mass is 551 g/mol. The zero-order valence-electron chi connectivity index (χ0n) is 23.2. The van der Waals surface area contributed by atoms with Crippen molar-refractivity contribution in [2.24, 2.45) is 17.8 Å². The largest absolute Gasteiger partial charge is 0.465 e. The molecule has 3 aliphatic rings. The van der Waals surface area contributed by atoms with Crippen LogP contribution in [0, 0.1) is 17.8 Å². The molecule has 7 atom stereocenters. The molecule has 40 heavy (non-hydrogen) atoms. The van der Waals surface area contributed by atoms with Crippen LogP contribution in [0.4, 0.5) is 0 Å². The Hall–Kier alpha value is -3.57. The maximum Gasteiger partial charge on any atom is 0.312 e. The summed E-state index contributed by atoms with van der Waals surface area (Å²) >= 11 is 0. The summed E-state index contributed by atoms with van der Waals surface area (Å²) in [5.41, 5.74) is -0.789. The first-order chi connectivity index (χ1) is 19.1. The predicted octanol–water partition coefficient (Wildman–Crippen LogP) is 1.91. The van der Waals surface area contributed by atoms with E-state index in [0.29, 0.717) is 18.4 Å². The highest BCUT2D eigenvalue weighted by molar-refractivity contribution is 5.98. The molecule has 1 N–H and O–H groups in total. The number of aromatic nitrogens is 3. The van der Waals surface area contributed by atoms with Gasteiger partial charge in [-0.3, -0.25) is 14.4 Å². The van der Waals surface area contributed by atoms with Gasteiger partial charge < -0.3 is 24.4 Å². The molecule has 5 rings (SSSR count). The molecule has 3 saturated heterocycles. The van der Waals surface area contributed by atoms with Crippen LogP contribution in [0.15, 0.2) is 49.6 Å². The SMILES string of the molecule is C=CCCOC(=O)[C@@H]1[C@H]2C(=O)N([C@H](C)CO)C(C(=O)N(CC=C)Cn3nnc4ccccc43)C23CC(C)[C@@]1(C)O3. The number of fused-ring (bicyclic) bond motifs is 2. The fraction of sp³-hybridized carbons (Fsp3) is 0.552. The van der Waals surface area contributed by atoms with Gasteiger partial charge in [0.1, 0.15) is 29.7 Å². The minimum atomic E-state index is -1.25. The Labute approximate surface area is 233 Å². The molecule has 3 unspecified atom stereocenters. The van der Waals surface area contributed by atoms with Gasteiger partial charge in [-0.2, -0.15) is 0 Å². The van der Waals surface area contributed by atoms with Crippen molar-refractivity contribution in [3.8, 4) is 0 Å². The zero-order valence-corrected chi connectivity index (χ0v) is 23.2. The second-order valence-corrected chi connectivity index (χ2v) is 11.3. The van der Waals surface area contributed by atoms with Crippen molar-refractivity contribution in [1.82, 2.24) is 24.8 Å². The second-order valence-electron chi connectivity index (χ2n) is 11.3. The molecule has 11 heteroatoms. The Morgan fingerprint density at radius 2 is 2.08 bits per heavy atom. The number of benzene rings is 1. The lowest BCUT2D eigenvalue weighted by Gasteiger charge is -2.38. The van der Waals surface area contributed by atoms with E-state index in [1.807, 2.05) is 38.1 Å². The first kappa shape index (κ1) is 28.0. The number of aliphatic hydroxyl groups is 1. The van der Waals surface area contributed by atoms with Crippen LogP contribution < -0.4 is 0 Å². The summed E-state index contributed by atoms with van der Waals surface area (Å²) in [6.07, 6.45) is 4.16. The smallest absolute Gasteiger partial charge is 0.312 e. The first-order valence-electron chi connectivity index (χ1n) is 13.7. The van der Waals surface area contributed by atoms with Gasteiger partial charge in [-0.05, 0) is 44.7 Å². The third kappa shape index (κ3) is 4.05. The van der Waals surface area contributed by atoms with Crippen molar-refractivity contribution in [2.75, 3.05) is 19.8 Å². The maximum absolute atomic E-state index is 14.5. The quantitative estimate of drug-likeness (QED) is 0.255. The number of aliphatic hydroxyl groups excluding tert-OH is 1. The van der Waals surface area contributed by atoms with E-state index in [9.17, 15) is 19.5 Å². The van der Waals surface area contributed by atoms with Crippen LogP contribution in [-0.2, 0) is 30.5 Å². The average Bonchev–Trinajstić information content (AvgIpc) is 3.61. The van der Waals surface area contributed by atoms with Gasteiger partial charge in [-0.15, -0.1) is 18.3 Å². The molecule has 2 bridgehead atoms. The van der Waals surface area contributed by atoms with Gasteiger partial charge in [-0.25, -0.2) is 4.68 Å². The molecule has 0 saturated carbocycles. The van der Waals surface area contributed by atoms with Crippen LogP contribution in [-0.4, -0.2) is 90.7 Å². The highest BCUT2D eigenvalue weighted by atomic mass is 16.6. The fourth-order valence-electron chi connectivity index (χ4n) is 6.94. The van der Waals surface area contributed by atoms with Crippen molar-refractivity contribution in [2.45, 2.75) is 63.6 Å². The summed E-state index contributed by atoms with van der Waals surface area (Å²) < 4.78 is 13.9. The molecule has 0 aliphatic carbocycles. The van der Waals surface area contributed by atoms with Crippen molar-refractivity contribution in [3.63, 3.8) is 0 Å². The van der Waals surface area contributed by atoms with E-state index in [1.54, 1.807) is 28.7 Å². The van der Waals surface area contributed by atoms with Crippen LogP contribution in [0.5, 0.6) is 0 Å². The summed E-state index contributed by atoms with van der Waals surface area (Å²) in [5.74, 6) is -3.19. The van der Waals surface area contributed by atoms with Gasteiger partial charge in [0.2, 0.25) is 11.8 Å². The fourth-order valence-corrected chi connectivity index (χ4v) is 6.94. The van der Waals surface area contributed by atoms with Crippen molar-refractivity contribution in [1.29, 1.82) is 0 Å². The zero-order chi connectivity index (χ0) is 28.8. The molecule has 11 nitrogen and oxygen atoms in total.